The summed E-state index contributed by atoms with van der Waals surface area (Å²) in [5, 5.41) is 13.5. The quantitative estimate of drug-likeness (QED) is 0.772. The van der Waals surface area contributed by atoms with Gasteiger partial charge >= 0.3 is 0 Å². The molecule has 0 bridgehead atoms. The van der Waals surface area contributed by atoms with Crippen LogP contribution >= 0.6 is 23.7 Å². The van der Waals surface area contributed by atoms with E-state index in [1.54, 1.807) is 13.1 Å². The van der Waals surface area contributed by atoms with Crippen LogP contribution in [-0.2, 0) is 10.4 Å². The highest BCUT2D eigenvalue weighted by Gasteiger charge is 2.52. The van der Waals surface area contributed by atoms with Gasteiger partial charge in [-0.25, -0.2) is 4.98 Å². The van der Waals surface area contributed by atoms with Gasteiger partial charge in [0.05, 0.1) is 5.41 Å². The molecule has 0 aromatic carbocycles. The van der Waals surface area contributed by atoms with E-state index in [-0.39, 0.29) is 12.4 Å². The van der Waals surface area contributed by atoms with Gasteiger partial charge < -0.3 is 10.8 Å². The number of unbranched alkanes of at least 4 members (excludes halogenated alkanes) is 1. The molecule has 0 aliphatic carbocycles. The Hall–Kier alpha value is -0.650. The fraction of sp³-hybridized carbons (Fsp3) is 0.714. The summed E-state index contributed by atoms with van der Waals surface area (Å²) in [6, 6.07) is 0. The van der Waals surface area contributed by atoms with Gasteiger partial charge in [0.1, 0.15) is 10.6 Å². The van der Waals surface area contributed by atoms with E-state index < -0.39 is 16.9 Å². The Morgan fingerprint density at radius 3 is 2.45 bits per heavy atom. The number of hydrogen-bond donors (Lipinski definition) is 2. The van der Waals surface area contributed by atoms with E-state index in [1.807, 2.05) is 12.3 Å². The third-order valence-corrected chi connectivity index (χ3v) is 4.81. The maximum atomic E-state index is 12.0. The largest absolute Gasteiger partial charge is 0.382 e. The average molecular weight is 321 g/mol. The van der Waals surface area contributed by atoms with E-state index >= 15 is 0 Å². The zero-order chi connectivity index (χ0) is 14.5. The molecule has 0 saturated heterocycles. The van der Waals surface area contributed by atoms with E-state index in [0.717, 1.165) is 19.3 Å². The molecule has 116 valence electrons. The van der Waals surface area contributed by atoms with Gasteiger partial charge in [0.15, 0.2) is 0 Å². The summed E-state index contributed by atoms with van der Waals surface area (Å²) in [5.41, 5.74) is 3.37. The molecule has 2 atom stereocenters. The van der Waals surface area contributed by atoms with E-state index in [0.29, 0.717) is 17.8 Å². The fourth-order valence-corrected chi connectivity index (χ4v) is 3.37. The highest BCUT2D eigenvalue weighted by Crippen LogP contribution is 2.47. The predicted molar refractivity (Wildman–Crippen MR) is 85.0 cm³/mol. The van der Waals surface area contributed by atoms with Crippen LogP contribution < -0.4 is 5.73 Å². The van der Waals surface area contributed by atoms with Gasteiger partial charge in [-0.1, -0.05) is 33.1 Å². The van der Waals surface area contributed by atoms with Crippen molar-refractivity contribution in [2.45, 2.75) is 58.5 Å². The lowest BCUT2D eigenvalue weighted by atomic mass is 9.67. The van der Waals surface area contributed by atoms with E-state index in [1.165, 1.54) is 11.3 Å². The van der Waals surface area contributed by atoms with Gasteiger partial charge in [0.25, 0.3) is 0 Å². The number of nitrogens with two attached hydrogens (primary N) is 1. The number of amides is 1. The van der Waals surface area contributed by atoms with Gasteiger partial charge in [0.2, 0.25) is 5.91 Å². The number of primary amides is 1. The second kappa shape index (κ2) is 7.96. The van der Waals surface area contributed by atoms with Crippen LogP contribution in [0.2, 0.25) is 0 Å². The van der Waals surface area contributed by atoms with Crippen molar-refractivity contribution in [2.24, 2.45) is 11.1 Å². The molecular formula is C14H25ClN2O2S. The van der Waals surface area contributed by atoms with Crippen LogP contribution in [0.15, 0.2) is 11.6 Å². The van der Waals surface area contributed by atoms with Crippen molar-refractivity contribution in [3.05, 3.63) is 16.6 Å². The predicted octanol–water partition coefficient (Wildman–Crippen LogP) is 3.23. The first-order chi connectivity index (χ1) is 8.92. The van der Waals surface area contributed by atoms with Crippen molar-refractivity contribution in [3.63, 3.8) is 0 Å². The minimum absolute atomic E-state index is 0. The number of rotatable bonds is 8. The first-order valence-electron chi connectivity index (χ1n) is 6.84. The molecular weight excluding hydrogens is 296 g/mol. The molecule has 20 heavy (non-hydrogen) atoms. The van der Waals surface area contributed by atoms with Gasteiger partial charge in [-0.3, -0.25) is 4.79 Å². The fourth-order valence-electron chi connectivity index (χ4n) is 2.47. The lowest BCUT2D eigenvalue weighted by Gasteiger charge is -2.41. The highest BCUT2D eigenvalue weighted by atomic mass is 35.5. The van der Waals surface area contributed by atoms with Crippen molar-refractivity contribution < 1.29 is 9.90 Å². The van der Waals surface area contributed by atoms with Crippen LogP contribution in [0.25, 0.3) is 0 Å². The maximum Gasteiger partial charge on any atom is 0.226 e. The minimum atomic E-state index is -1.27. The number of carbonyl (C=O) groups excluding carboxylic acids is 1. The summed E-state index contributed by atoms with van der Waals surface area (Å²) >= 11 is 1.38. The van der Waals surface area contributed by atoms with Crippen molar-refractivity contribution in [1.82, 2.24) is 4.98 Å². The summed E-state index contributed by atoms with van der Waals surface area (Å²) in [7, 11) is 0. The summed E-state index contributed by atoms with van der Waals surface area (Å²) in [6.07, 6.45) is 5.31. The molecule has 1 rings (SSSR count). The number of carbonyl (C=O) groups is 1. The number of aromatic nitrogens is 1. The smallest absolute Gasteiger partial charge is 0.226 e. The number of halogens is 1. The topological polar surface area (TPSA) is 76.2 Å². The SMILES string of the molecule is CCCCC(C)(C(N)=O)C(O)(CCC)c1nccs1.Cl. The lowest BCUT2D eigenvalue weighted by Crippen LogP contribution is -2.52. The summed E-state index contributed by atoms with van der Waals surface area (Å²) in [6.45, 7) is 5.81. The van der Waals surface area contributed by atoms with Crippen LogP contribution in [0.1, 0.15) is 57.9 Å². The Labute approximate surface area is 131 Å². The van der Waals surface area contributed by atoms with E-state index in [4.69, 9.17) is 5.73 Å². The third kappa shape index (κ3) is 3.51. The van der Waals surface area contributed by atoms with Crippen LogP contribution in [0, 0.1) is 5.41 Å². The molecule has 6 heteroatoms. The second-order valence-electron chi connectivity index (χ2n) is 5.25. The first-order valence-corrected chi connectivity index (χ1v) is 7.72. The molecule has 4 nitrogen and oxygen atoms in total. The highest BCUT2D eigenvalue weighted by molar-refractivity contribution is 7.09. The zero-order valence-corrected chi connectivity index (χ0v) is 14.0. The molecule has 2 unspecified atom stereocenters. The molecule has 3 N–H and O–H groups in total. The van der Waals surface area contributed by atoms with Crippen molar-refractivity contribution >= 4 is 29.7 Å². The Kier molecular flexibility index (Phi) is 7.70. The number of hydrogen-bond acceptors (Lipinski definition) is 4. The maximum absolute atomic E-state index is 12.0. The van der Waals surface area contributed by atoms with Gasteiger partial charge in [-0.05, 0) is 19.8 Å². The monoisotopic (exact) mass is 320 g/mol. The number of aliphatic hydroxyl groups is 1. The standard InChI is InChI=1S/C14H24N2O2S.ClH/c1-4-6-8-13(3,11(15)17)14(18,7-5-2)12-16-9-10-19-12;/h9-10,18H,4-8H2,1-3H3,(H2,15,17);1H. The van der Waals surface area contributed by atoms with Crippen LogP contribution in [0.4, 0.5) is 0 Å². The summed E-state index contributed by atoms with van der Waals surface area (Å²) in [5.74, 6) is -0.452. The molecule has 1 amide bonds. The Bertz CT molecular complexity index is 413. The second-order valence-corrected chi connectivity index (χ2v) is 6.14. The Morgan fingerprint density at radius 2 is 2.05 bits per heavy atom. The van der Waals surface area contributed by atoms with Crippen molar-refractivity contribution in [1.29, 1.82) is 0 Å². The lowest BCUT2D eigenvalue weighted by molar-refractivity contribution is -0.151. The van der Waals surface area contributed by atoms with Crippen molar-refractivity contribution in [3.8, 4) is 0 Å². The van der Waals surface area contributed by atoms with Crippen LogP contribution in [0.3, 0.4) is 0 Å². The first kappa shape index (κ1) is 19.4. The average Bonchev–Trinajstić information content (AvgIpc) is 2.89. The molecule has 0 aliphatic rings. The third-order valence-electron chi connectivity index (χ3n) is 3.88. The molecule has 1 aromatic rings. The molecule has 0 saturated carbocycles. The van der Waals surface area contributed by atoms with Crippen molar-refractivity contribution in [2.75, 3.05) is 0 Å². The molecule has 1 aromatic heterocycles. The normalized spacial score (nSPS) is 16.8. The minimum Gasteiger partial charge on any atom is -0.382 e. The van der Waals surface area contributed by atoms with E-state index in [9.17, 15) is 9.90 Å². The zero-order valence-electron chi connectivity index (χ0n) is 12.4. The Balaban J connectivity index is 0.00000361. The number of thiazole rings is 1. The van der Waals surface area contributed by atoms with Gasteiger partial charge in [-0.15, -0.1) is 23.7 Å². The molecule has 0 spiro atoms. The molecule has 1 heterocycles. The molecule has 0 radical (unpaired) electrons. The summed E-state index contributed by atoms with van der Waals surface area (Å²) < 4.78 is 0. The molecule has 0 aliphatic heterocycles. The molecule has 0 fully saturated rings. The van der Waals surface area contributed by atoms with Gasteiger partial charge in [-0.2, -0.15) is 0 Å². The van der Waals surface area contributed by atoms with Crippen LogP contribution in [-0.4, -0.2) is 16.0 Å². The van der Waals surface area contributed by atoms with Crippen LogP contribution in [0.5, 0.6) is 0 Å². The van der Waals surface area contributed by atoms with Gasteiger partial charge in [0, 0.05) is 11.6 Å². The Morgan fingerprint density at radius 1 is 1.40 bits per heavy atom. The number of nitrogens with zero attached hydrogens (tertiary/aromatic N) is 1. The summed E-state index contributed by atoms with van der Waals surface area (Å²) in [4.78, 5) is 16.2. The van der Waals surface area contributed by atoms with E-state index in [2.05, 4.69) is 11.9 Å².